The minimum Gasteiger partial charge on any atom is -0.376 e. The molecule has 0 radical (unpaired) electrons. The van der Waals surface area contributed by atoms with E-state index >= 15 is 0 Å². The Labute approximate surface area is 130 Å². The van der Waals surface area contributed by atoms with Crippen molar-refractivity contribution in [3.63, 3.8) is 0 Å². The van der Waals surface area contributed by atoms with E-state index in [1.54, 1.807) is 0 Å². The maximum Gasteiger partial charge on any atom is 0.166 e. The van der Waals surface area contributed by atoms with Gasteiger partial charge in [0.2, 0.25) is 0 Å². The zero-order valence-electron chi connectivity index (χ0n) is 12.0. The predicted octanol–water partition coefficient (Wildman–Crippen LogP) is 2.35. The van der Waals surface area contributed by atoms with Crippen molar-refractivity contribution in [1.82, 2.24) is 15.6 Å². The second-order valence-electron chi connectivity index (χ2n) is 5.38. The van der Waals surface area contributed by atoms with Crippen LogP contribution in [0.4, 0.5) is 0 Å². The first-order valence-corrected chi connectivity index (χ1v) is 7.92. The zero-order chi connectivity index (χ0) is 14.5. The number of nitrogens with one attached hydrogen (secondary N) is 3. The SMILES string of the molecule is S=C(NCCc1c[nH]c2ccccc12)NC[C@H]1CCCO1. The van der Waals surface area contributed by atoms with Crippen LogP contribution in [-0.4, -0.2) is 35.9 Å². The number of hydrogen-bond acceptors (Lipinski definition) is 2. The summed E-state index contributed by atoms with van der Waals surface area (Å²) >= 11 is 5.29. The summed E-state index contributed by atoms with van der Waals surface area (Å²) in [6.45, 7) is 2.52. The first-order chi connectivity index (χ1) is 10.3. The van der Waals surface area contributed by atoms with Crippen LogP contribution in [0.5, 0.6) is 0 Å². The molecule has 0 spiro atoms. The van der Waals surface area contributed by atoms with E-state index in [0.717, 1.165) is 39.0 Å². The van der Waals surface area contributed by atoms with Crippen molar-refractivity contribution in [3.8, 4) is 0 Å². The molecule has 1 aliphatic heterocycles. The second kappa shape index (κ2) is 6.91. The number of fused-ring (bicyclic) bond motifs is 1. The van der Waals surface area contributed by atoms with Crippen molar-refractivity contribution < 1.29 is 4.74 Å². The Balaban J connectivity index is 1.42. The number of rotatable bonds is 5. The number of H-pyrrole nitrogens is 1. The topological polar surface area (TPSA) is 49.1 Å². The molecule has 1 aromatic heterocycles. The maximum absolute atomic E-state index is 5.56. The van der Waals surface area contributed by atoms with Crippen LogP contribution in [0.1, 0.15) is 18.4 Å². The van der Waals surface area contributed by atoms with Gasteiger partial charge < -0.3 is 20.4 Å². The number of para-hydroxylation sites is 1. The standard InChI is InChI=1S/C16H21N3OS/c21-16(19-11-13-4-3-9-20-13)17-8-7-12-10-18-15-6-2-1-5-14(12)15/h1-2,5-6,10,13,18H,3-4,7-9,11H2,(H2,17,19,21)/t13-/m1/s1. The fourth-order valence-electron chi connectivity index (χ4n) is 2.72. The van der Waals surface area contributed by atoms with Gasteiger partial charge in [0.05, 0.1) is 6.10 Å². The van der Waals surface area contributed by atoms with Crippen LogP contribution in [0.25, 0.3) is 10.9 Å². The van der Waals surface area contributed by atoms with Gasteiger partial charge in [-0.3, -0.25) is 0 Å². The lowest BCUT2D eigenvalue weighted by molar-refractivity contribution is 0.114. The second-order valence-corrected chi connectivity index (χ2v) is 5.79. The summed E-state index contributed by atoms with van der Waals surface area (Å²) in [4.78, 5) is 3.30. The normalized spacial score (nSPS) is 18.0. The van der Waals surface area contributed by atoms with E-state index in [9.17, 15) is 0 Å². The van der Waals surface area contributed by atoms with Gasteiger partial charge in [0.25, 0.3) is 0 Å². The molecule has 4 nitrogen and oxygen atoms in total. The molecule has 0 bridgehead atoms. The molecule has 0 amide bonds. The number of aromatic amines is 1. The van der Waals surface area contributed by atoms with Crippen molar-refractivity contribution in [2.45, 2.75) is 25.4 Å². The van der Waals surface area contributed by atoms with E-state index in [-0.39, 0.29) is 0 Å². The summed E-state index contributed by atoms with van der Waals surface area (Å²) in [5.41, 5.74) is 2.51. The smallest absolute Gasteiger partial charge is 0.166 e. The van der Waals surface area contributed by atoms with Gasteiger partial charge in [0.1, 0.15) is 0 Å². The average molecular weight is 303 g/mol. The minimum atomic E-state index is 0.318. The van der Waals surface area contributed by atoms with Crippen LogP contribution in [0.15, 0.2) is 30.5 Å². The van der Waals surface area contributed by atoms with Gasteiger partial charge in [0.15, 0.2) is 5.11 Å². The molecule has 1 atom stereocenters. The number of benzene rings is 1. The van der Waals surface area contributed by atoms with E-state index in [1.165, 1.54) is 16.5 Å². The monoisotopic (exact) mass is 303 g/mol. The maximum atomic E-state index is 5.56. The summed E-state index contributed by atoms with van der Waals surface area (Å²) in [6.07, 6.45) is 5.64. The lowest BCUT2D eigenvalue weighted by Crippen LogP contribution is -2.40. The lowest BCUT2D eigenvalue weighted by atomic mass is 10.1. The van der Waals surface area contributed by atoms with Crippen LogP contribution >= 0.6 is 12.2 Å². The molecule has 2 heterocycles. The van der Waals surface area contributed by atoms with E-state index in [1.807, 2.05) is 6.07 Å². The molecule has 5 heteroatoms. The zero-order valence-corrected chi connectivity index (χ0v) is 12.8. The summed E-state index contributed by atoms with van der Waals surface area (Å²) in [7, 11) is 0. The highest BCUT2D eigenvalue weighted by Crippen LogP contribution is 2.17. The van der Waals surface area contributed by atoms with Crippen molar-refractivity contribution in [3.05, 3.63) is 36.0 Å². The van der Waals surface area contributed by atoms with Gasteiger partial charge in [-0.05, 0) is 43.1 Å². The molecule has 1 saturated heterocycles. The molecule has 3 N–H and O–H groups in total. The van der Waals surface area contributed by atoms with E-state index in [2.05, 4.69) is 40.0 Å². The Kier molecular flexibility index (Phi) is 4.72. The van der Waals surface area contributed by atoms with Gasteiger partial charge in [-0.2, -0.15) is 0 Å². The van der Waals surface area contributed by atoms with Crippen LogP contribution in [0.2, 0.25) is 0 Å². The Morgan fingerprint density at radius 2 is 2.24 bits per heavy atom. The summed E-state index contributed by atoms with van der Waals surface area (Å²) in [5, 5.41) is 8.49. The molecule has 1 aliphatic rings. The molecule has 21 heavy (non-hydrogen) atoms. The molecular weight excluding hydrogens is 282 g/mol. The molecule has 2 aromatic rings. The average Bonchev–Trinajstić information content (AvgIpc) is 3.15. The number of ether oxygens (including phenoxy) is 1. The van der Waals surface area contributed by atoms with Crippen molar-refractivity contribution in [2.24, 2.45) is 0 Å². The van der Waals surface area contributed by atoms with E-state index < -0.39 is 0 Å². The van der Waals surface area contributed by atoms with Gasteiger partial charge >= 0.3 is 0 Å². The summed E-state index contributed by atoms with van der Waals surface area (Å²) < 4.78 is 5.56. The Morgan fingerprint density at radius 3 is 3.10 bits per heavy atom. The van der Waals surface area contributed by atoms with E-state index in [0.29, 0.717) is 11.2 Å². The highest BCUT2D eigenvalue weighted by atomic mass is 32.1. The van der Waals surface area contributed by atoms with Crippen LogP contribution < -0.4 is 10.6 Å². The molecule has 3 rings (SSSR count). The first-order valence-electron chi connectivity index (χ1n) is 7.51. The fourth-order valence-corrected chi connectivity index (χ4v) is 2.91. The van der Waals surface area contributed by atoms with Crippen LogP contribution in [0, 0.1) is 0 Å². The molecule has 1 aromatic carbocycles. The van der Waals surface area contributed by atoms with Crippen molar-refractivity contribution >= 4 is 28.2 Å². The van der Waals surface area contributed by atoms with E-state index in [4.69, 9.17) is 17.0 Å². The Bertz CT molecular complexity index is 604. The number of hydrogen-bond donors (Lipinski definition) is 3. The highest BCUT2D eigenvalue weighted by Gasteiger charge is 2.15. The van der Waals surface area contributed by atoms with Gasteiger partial charge in [-0.1, -0.05) is 18.2 Å². The number of thiocarbonyl (C=S) groups is 1. The molecule has 112 valence electrons. The third kappa shape index (κ3) is 3.74. The molecule has 1 fully saturated rings. The summed E-state index contributed by atoms with van der Waals surface area (Å²) in [5.74, 6) is 0. The van der Waals surface area contributed by atoms with Crippen LogP contribution in [-0.2, 0) is 11.2 Å². The van der Waals surface area contributed by atoms with Gasteiger partial charge in [-0.25, -0.2) is 0 Å². The Morgan fingerprint density at radius 1 is 1.33 bits per heavy atom. The third-order valence-electron chi connectivity index (χ3n) is 3.87. The fraction of sp³-hybridized carbons (Fsp3) is 0.438. The van der Waals surface area contributed by atoms with Crippen molar-refractivity contribution in [1.29, 1.82) is 0 Å². The van der Waals surface area contributed by atoms with Crippen molar-refractivity contribution in [2.75, 3.05) is 19.7 Å². The quantitative estimate of drug-likeness (QED) is 0.742. The largest absolute Gasteiger partial charge is 0.376 e. The van der Waals surface area contributed by atoms with Gasteiger partial charge in [-0.15, -0.1) is 0 Å². The predicted molar refractivity (Wildman–Crippen MR) is 89.6 cm³/mol. The third-order valence-corrected chi connectivity index (χ3v) is 4.16. The number of aromatic nitrogens is 1. The van der Waals surface area contributed by atoms with Crippen LogP contribution in [0.3, 0.4) is 0 Å². The first kappa shape index (κ1) is 14.4. The molecular formula is C16H21N3OS. The van der Waals surface area contributed by atoms with Gasteiger partial charge in [0, 0.05) is 36.8 Å². The molecule has 0 unspecified atom stereocenters. The highest BCUT2D eigenvalue weighted by molar-refractivity contribution is 7.80. The minimum absolute atomic E-state index is 0.318. The lowest BCUT2D eigenvalue weighted by Gasteiger charge is -2.13. The molecule has 0 saturated carbocycles. The summed E-state index contributed by atoms with van der Waals surface area (Å²) in [6, 6.07) is 8.36. The molecule has 0 aliphatic carbocycles. The Hall–Kier alpha value is -1.59.